The van der Waals surface area contributed by atoms with Crippen molar-refractivity contribution in [2.75, 3.05) is 18.6 Å². The molecule has 0 spiro atoms. The lowest BCUT2D eigenvalue weighted by molar-refractivity contribution is -0.129. The molecule has 0 fully saturated rings. The summed E-state index contributed by atoms with van der Waals surface area (Å²) >= 11 is 1.66. The van der Waals surface area contributed by atoms with Crippen LogP contribution in [-0.2, 0) is 16.0 Å². The molecule has 1 aromatic rings. The Hall–Kier alpha value is -1.69. The van der Waals surface area contributed by atoms with Crippen molar-refractivity contribution in [3.05, 3.63) is 29.8 Å². The summed E-state index contributed by atoms with van der Waals surface area (Å²) in [4.78, 5) is 23.9. The Labute approximate surface area is 141 Å². The van der Waals surface area contributed by atoms with Gasteiger partial charge in [-0.2, -0.15) is 11.8 Å². The first kappa shape index (κ1) is 17.7. The van der Waals surface area contributed by atoms with Crippen molar-refractivity contribution in [2.45, 2.75) is 38.3 Å². The number of hydrogen-bond acceptors (Lipinski definition) is 4. The van der Waals surface area contributed by atoms with Gasteiger partial charge in [0.2, 0.25) is 11.8 Å². The van der Waals surface area contributed by atoms with Crippen LogP contribution in [0.5, 0.6) is 5.75 Å². The predicted octanol–water partition coefficient (Wildman–Crippen LogP) is 1.75. The van der Waals surface area contributed by atoms with Crippen LogP contribution in [0.15, 0.2) is 24.3 Å². The molecule has 0 saturated carbocycles. The van der Waals surface area contributed by atoms with Crippen molar-refractivity contribution >= 4 is 23.6 Å². The van der Waals surface area contributed by atoms with Crippen molar-refractivity contribution in [3.63, 3.8) is 0 Å². The second-order valence-electron chi connectivity index (χ2n) is 5.55. The van der Waals surface area contributed by atoms with Gasteiger partial charge in [0, 0.05) is 12.8 Å². The molecule has 1 aliphatic rings. The number of rotatable bonds is 8. The van der Waals surface area contributed by atoms with Crippen LogP contribution in [0.25, 0.3) is 0 Å². The number of benzene rings is 1. The minimum absolute atomic E-state index is 0.0422. The highest BCUT2D eigenvalue weighted by molar-refractivity contribution is 7.98. The summed E-state index contributed by atoms with van der Waals surface area (Å²) in [5.74, 6) is 1.48. The van der Waals surface area contributed by atoms with Gasteiger partial charge in [0.05, 0.1) is 6.54 Å². The predicted molar refractivity (Wildman–Crippen MR) is 92.8 cm³/mol. The molecule has 0 bridgehead atoms. The molecule has 23 heavy (non-hydrogen) atoms. The average Bonchev–Trinajstić information content (AvgIpc) is 2.99. The minimum Gasteiger partial charge on any atom is -0.488 e. The van der Waals surface area contributed by atoms with Crippen LogP contribution >= 0.6 is 11.8 Å². The van der Waals surface area contributed by atoms with E-state index >= 15 is 0 Å². The van der Waals surface area contributed by atoms with Crippen LogP contribution in [0.4, 0.5) is 0 Å². The van der Waals surface area contributed by atoms with Crippen molar-refractivity contribution < 1.29 is 14.3 Å². The number of ether oxygens (including phenoxy) is 1. The molecular formula is C17H24N2O3S. The van der Waals surface area contributed by atoms with E-state index in [0.717, 1.165) is 17.9 Å². The topological polar surface area (TPSA) is 67.4 Å². The van der Waals surface area contributed by atoms with Crippen LogP contribution in [0, 0.1) is 0 Å². The Morgan fingerprint density at radius 1 is 1.39 bits per heavy atom. The maximum atomic E-state index is 12.3. The molecule has 0 aliphatic carbocycles. The maximum absolute atomic E-state index is 12.3. The zero-order valence-electron chi connectivity index (χ0n) is 13.6. The van der Waals surface area contributed by atoms with E-state index in [2.05, 4.69) is 10.6 Å². The van der Waals surface area contributed by atoms with Crippen LogP contribution < -0.4 is 15.4 Å². The lowest BCUT2D eigenvalue weighted by Crippen LogP contribution is -2.48. The molecule has 0 radical (unpaired) electrons. The third-order valence-corrected chi connectivity index (χ3v) is 4.45. The van der Waals surface area contributed by atoms with E-state index in [1.54, 1.807) is 18.7 Å². The van der Waals surface area contributed by atoms with Crippen molar-refractivity contribution in [3.8, 4) is 5.75 Å². The molecule has 0 saturated heterocycles. The van der Waals surface area contributed by atoms with Crippen molar-refractivity contribution in [2.24, 2.45) is 0 Å². The van der Waals surface area contributed by atoms with Gasteiger partial charge in [-0.3, -0.25) is 9.59 Å². The molecule has 0 unspecified atom stereocenters. The second kappa shape index (κ2) is 8.82. The normalized spacial score (nSPS) is 17.0. The highest BCUT2D eigenvalue weighted by Crippen LogP contribution is 2.27. The Morgan fingerprint density at radius 3 is 2.87 bits per heavy atom. The molecule has 6 heteroatoms. The van der Waals surface area contributed by atoms with Gasteiger partial charge in [0.15, 0.2) is 0 Å². The first-order valence-electron chi connectivity index (χ1n) is 7.94. The lowest BCUT2D eigenvalue weighted by Gasteiger charge is -2.19. The van der Waals surface area contributed by atoms with Gasteiger partial charge in [-0.05, 0) is 30.1 Å². The molecule has 126 valence electrons. The molecule has 2 atom stereocenters. The van der Waals surface area contributed by atoms with Gasteiger partial charge in [-0.1, -0.05) is 25.1 Å². The summed E-state index contributed by atoms with van der Waals surface area (Å²) < 4.78 is 5.81. The average molecular weight is 336 g/mol. The summed E-state index contributed by atoms with van der Waals surface area (Å²) in [6.45, 7) is 2.23. The molecule has 5 nitrogen and oxygen atoms in total. The van der Waals surface area contributed by atoms with Crippen LogP contribution in [0.1, 0.15) is 25.3 Å². The third-order valence-electron chi connectivity index (χ3n) is 3.80. The summed E-state index contributed by atoms with van der Waals surface area (Å²) in [5.41, 5.74) is 1.17. The fourth-order valence-corrected chi connectivity index (χ4v) is 2.98. The van der Waals surface area contributed by atoms with E-state index in [1.165, 1.54) is 5.56 Å². The number of fused-ring (bicyclic) bond motifs is 1. The molecule has 1 aromatic carbocycles. The van der Waals surface area contributed by atoms with E-state index in [4.69, 9.17) is 4.74 Å². The number of carbonyl (C=O) groups is 2. The molecule has 0 aromatic heterocycles. The van der Waals surface area contributed by atoms with E-state index < -0.39 is 6.04 Å². The van der Waals surface area contributed by atoms with Gasteiger partial charge in [-0.15, -0.1) is 0 Å². The molecule has 2 rings (SSSR count). The molecular weight excluding hydrogens is 312 g/mol. The third kappa shape index (κ3) is 5.16. The van der Waals surface area contributed by atoms with Gasteiger partial charge in [-0.25, -0.2) is 0 Å². The summed E-state index contributed by atoms with van der Waals surface area (Å²) in [6, 6.07) is 7.44. The van der Waals surface area contributed by atoms with E-state index in [9.17, 15) is 9.59 Å². The Morgan fingerprint density at radius 2 is 2.17 bits per heavy atom. The van der Waals surface area contributed by atoms with Gasteiger partial charge >= 0.3 is 0 Å². The summed E-state index contributed by atoms with van der Waals surface area (Å²) in [6.07, 6.45) is 3.75. The quantitative estimate of drug-likeness (QED) is 0.759. The second-order valence-corrected chi connectivity index (χ2v) is 6.54. The smallest absolute Gasteiger partial charge is 0.242 e. The molecule has 2 amide bonds. The Bertz CT molecular complexity index is 525. The van der Waals surface area contributed by atoms with Gasteiger partial charge in [0.25, 0.3) is 0 Å². The van der Waals surface area contributed by atoms with Gasteiger partial charge in [0.1, 0.15) is 17.9 Å². The van der Waals surface area contributed by atoms with Crippen LogP contribution in [0.3, 0.4) is 0 Å². The largest absolute Gasteiger partial charge is 0.488 e. The minimum atomic E-state index is -0.473. The number of nitrogens with one attached hydrogen (secondary N) is 2. The molecule has 1 aliphatic heterocycles. The van der Waals surface area contributed by atoms with E-state index in [0.29, 0.717) is 19.4 Å². The first-order chi connectivity index (χ1) is 11.1. The zero-order chi connectivity index (χ0) is 16.7. The summed E-state index contributed by atoms with van der Waals surface area (Å²) in [7, 11) is 0. The highest BCUT2D eigenvalue weighted by atomic mass is 32.2. The van der Waals surface area contributed by atoms with Crippen LogP contribution in [-0.4, -0.2) is 42.5 Å². The molecule has 1 heterocycles. The Balaban J connectivity index is 1.83. The summed E-state index contributed by atoms with van der Waals surface area (Å²) in [5, 5.41) is 5.70. The maximum Gasteiger partial charge on any atom is 0.242 e. The van der Waals surface area contributed by atoms with Gasteiger partial charge < -0.3 is 15.4 Å². The highest BCUT2D eigenvalue weighted by Gasteiger charge is 2.25. The fraction of sp³-hybridized carbons (Fsp3) is 0.529. The Kier molecular flexibility index (Phi) is 6.77. The zero-order valence-corrected chi connectivity index (χ0v) is 14.4. The monoisotopic (exact) mass is 336 g/mol. The lowest BCUT2D eigenvalue weighted by atomic mass is 10.1. The number of para-hydroxylation sites is 1. The number of amides is 2. The SMILES string of the molecule is CCC(=O)N[C@@H](CCSC)C(=O)NC[C@@H]1Cc2ccccc2O1. The van der Waals surface area contributed by atoms with E-state index in [-0.39, 0.29) is 17.9 Å². The first-order valence-corrected chi connectivity index (χ1v) is 9.34. The van der Waals surface area contributed by atoms with Crippen molar-refractivity contribution in [1.29, 1.82) is 0 Å². The fourth-order valence-electron chi connectivity index (χ4n) is 2.51. The van der Waals surface area contributed by atoms with E-state index in [1.807, 2.05) is 30.5 Å². The van der Waals surface area contributed by atoms with Crippen molar-refractivity contribution in [1.82, 2.24) is 10.6 Å². The standard InChI is InChI=1S/C17H24N2O3S/c1-3-16(20)19-14(8-9-23-2)17(21)18-11-13-10-12-6-4-5-7-15(12)22-13/h4-7,13-14H,3,8-11H2,1-2H3,(H,18,21)(H,19,20)/t13-,14-/m0/s1. The molecule has 2 N–H and O–H groups in total. The number of thioether (sulfide) groups is 1. The number of hydrogen-bond donors (Lipinski definition) is 2. The number of carbonyl (C=O) groups excluding carboxylic acids is 2. The van der Waals surface area contributed by atoms with Crippen LogP contribution in [0.2, 0.25) is 0 Å².